The Balaban J connectivity index is 1.90. The van der Waals surface area contributed by atoms with E-state index in [0.717, 1.165) is 0 Å². The van der Waals surface area contributed by atoms with Crippen molar-refractivity contribution in [3.63, 3.8) is 0 Å². The van der Waals surface area contributed by atoms with Crippen LogP contribution in [0, 0.1) is 0 Å². The first-order valence-electron chi connectivity index (χ1n) is 6.55. The summed E-state index contributed by atoms with van der Waals surface area (Å²) >= 11 is 5.95. The zero-order valence-corrected chi connectivity index (χ0v) is 13.0. The van der Waals surface area contributed by atoms with Gasteiger partial charge in [-0.05, 0) is 31.7 Å². The standard InChI is InChI=1S/C13H15ClN2O4S/c1-15(10-4-5-21(18,19)7-10)8-16-11-6-9(14)2-3-12(11)20-13(16)17/h2-3,6,10H,4-5,7-8H2,1H3/t10-/m0/s1. The van der Waals surface area contributed by atoms with Crippen molar-refractivity contribution in [2.75, 3.05) is 18.6 Å². The number of halogens is 1. The molecule has 0 saturated carbocycles. The third-order valence-corrected chi connectivity index (χ3v) is 5.81. The van der Waals surface area contributed by atoms with E-state index in [1.807, 2.05) is 4.90 Å². The van der Waals surface area contributed by atoms with Gasteiger partial charge in [-0.2, -0.15) is 0 Å². The van der Waals surface area contributed by atoms with Crippen LogP contribution in [0.3, 0.4) is 0 Å². The van der Waals surface area contributed by atoms with Gasteiger partial charge in [-0.25, -0.2) is 13.2 Å². The minimum absolute atomic E-state index is 0.0777. The smallest absolute Gasteiger partial charge is 0.408 e. The fraction of sp³-hybridized carbons (Fsp3) is 0.462. The Kier molecular flexibility index (Phi) is 3.59. The third kappa shape index (κ3) is 2.86. The van der Waals surface area contributed by atoms with E-state index in [9.17, 15) is 13.2 Å². The molecule has 0 unspecified atom stereocenters. The van der Waals surface area contributed by atoms with Crippen molar-refractivity contribution in [3.8, 4) is 0 Å². The zero-order chi connectivity index (χ0) is 15.2. The molecule has 1 aromatic carbocycles. The summed E-state index contributed by atoms with van der Waals surface area (Å²) in [7, 11) is -1.15. The molecule has 1 aliphatic heterocycles. The van der Waals surface area contributed by atoms with Crippen molar-refractivity contribution >= 4 is 32.5 Å². The number of fused-ring (bicyclic) bond motifs is 1. The minimum atomic E-state index is -2.95. The topological polar surface area (TPSA) is 72.5 Å². The molecular weight excluding hydrogens is 316 g/mol. The molecule has 6 nitrogen and oxygen atoms in total. The Morgan fingerprint density at radius 1 is 1.48 bits per heavy atom. The van der Waals surface area contributed by atoms with Gasteiger partial charge in [0.15, 0.2) is 15.4 Å². The molecule has 0 amide bonds. The van der Waals surface area contributed by atoms with E-state index in [1.54, 1.807) is 25.2 Å². The van der Waals surface area contributed by atoms with Gasteiger partial charge >= 0.3 is 5.76 Å². The lowest BCUT2D eigenvalue weighted by molar-refractivity contribution is 0.204. The minimum Gasteiger partial charge on any atom is -0.408 e. The van der Waals surface area contributed by atoms with E-state index in [0.29, 0.717) is 22.5 Å². The van der Waals surface area contributed by atoms with E-state index in [-0.39, 0.29) is 24.2 Å². The van der Waals surface area contributed by atoms with Crippen LogP contribution in [0.5, 0.6) is 0 Å². The number of nitrogens with zero attached hydrogens (tertiary/aromatic N) is 2. The molecule has 2 aromatic rings. The zero-order valence-electron chi connectivity index (χ0n) is 11.5. The van der Waals surface area contributed by atoms with Crippen LogP contribution in [-0.4, -0.2) is 42.5 Å². The lowest BCUT2D eigenvalue weighted by Crippen LogP contribution is -2.36. The van der Waals surface area contributed by atoms with Crippen molar-refractivity contribution in [1.82, 2.24) is 9.47 Å². The number of rotatable bonds is 3. The molecule has 1 atom stereocenters. The highest BCUT2D eigenvalue weighted by molar-refractivity contribution is 7.91. The van der Waals surface area contributed by atoms with Gasteiger partial charge in [0.2, 0.25) is 0 Å². The van der Waals surface area contributed by atoms with Gasteiger partial charge < -0.3 is 4.42 Å². The normalized spacial score (nSPS) is 21.4. The van der Waals surface area contributed by atoms with Gasteiger partial charge in [-0.1, -0.05) is 11.6 Å². The molecule has 0 N–H and O–H groups in total. The number of hydrogen-bond acceptors (Lipinski definition) is 5. The van der Waals surface area contributed by atoms with Crippen molar-refractivity contribution in [2.45, 2.75) is 19.1 Å². The van der Waals surface area contributed by atoms with Gasteiger partial charge in [0.25, 0.3) is 0 Å². The average Bonchev–Trinajstić information content (AvgIpc) is 2.91. The number of hydrogen-bond donors (Lipinski definition) is 0. The van der Waals surface area contributed by atoms with Crippen LogP contribution < -0.4 is 5.76 Å². The Bertz CT molecular complexity index is 839. The first-order chi connectivity index (χ1) is 9.85. The van der Waals surface area contributed by atoms with E-state index >= 15 is 0 Å². The SMILES string of the molecule is CN(Cn1c(=O)oc2ccc(Cl)cc21)[C@H]1CCS(=O)(=O)C1. The Morgan fingerprint density at radius 3 is 2.90 bits per heavy atom. The second-order valence-electron chi connectivity index (χ2n) is 5.36. The number of oxazole rings is 1. The fourth-order valence-electron chi connectivity index (χ4n) is 2.63. The number of aromatic nitrogens is 1. The summed E-state index contributed by atoms with van der Waals surface area (Å²) in [6.07, 6.45) is 0.587. The molecule has 0 radical (unpaired) electrons. The van der Waals surface area contributed by atoms with E-state index in [2.05, 4.69) is 0 Å². The fourth-order valence-corrected chi connectivity index (χ4v) is 4.60. The van der Waals surface area contributed by atoms with E-state index in [1.165, 1.54) is 4.57 Å². The Morgan fingerprint density at radius 2 is 2.24 bits per heavy atom. The molecule has 8 heteroatoms. The monoisotopic (exact) mass is 330 g/mol. The van der Waals surface area contributed by atoms with Crippen LogP contribution in [0.25, 0.3) is 11.1 Å². The summed E-state index contributed by atoms with van der Waals surface area (Å²) in [5, 5.41) is 0.517. The third-order valence-electron chi connectivity index (χ3n) is 3.83. The maximum absolute atomic E-state index is 11.9. The Hall–Kier alpha value is -1.31. The van der Waals surface area contributed by atoms with Gasteiger partial charge in [0.1, 0.15) is 0 Å². The van der Waals surface area contributed by atoms with Crippen LogP contribution in [0.4, 0.5) is 0 Å². The van der Waals surface area contributed by atoms with E-state index < -0.39 is 15.6 Å². The van der Waals surface area contributed by atoms with Gasteiger partial charge in [-0.3, -0.25) is 9.47 Å². The van der Waals surface area contributed by atoms with Gasteiger partial charge in [0.05, 0.1) is 23.7 Å². The summed E-state index contributed by atoms with van der Waals surface area (Å²) in [6, 6.07) is 4.90. The predicted molar refractivity (Wildman–Crippen MR) is 80.3 cm³/mol. The average molecular weight is 331 g/mol. The quantitative estimate of drug-likeness (QED) is 0.848. The molecular formula is C13H15ClN2O4S. The highest BCUT2D eigenvalue weighted by Gasteiger charge is 2.31. The molecule has 0 bridgehead atoms. The van der Waals surface area contributed by atoms with Gasteiger partial charge in [0, 0.05) is 11.1 Å². The van der Waals surface area contributed by atoms with Crippen LogP contribution >= 0.6 is 11.6 Å². The summed E-state index contributed by atoms with van der Waals surface area (Å²) in [5.74, 6) is -0.135. The first kappa shape index (κ1) is 14.6. The number of benzene rings is 1. The second kappa shape index (κ2) is 5.15. The van der Waals surface area contributed by atoms with Crippen LogP contribution in [0.2, 0.25) is 5.02 Å². The van der Waals surface area contributed by atoms with Crippen molar-refractivity contribution in [2.24, 2.45) is 0 Å². The van der Waals surface area contributed by atoms with Crippen molar-refractivity contribution < 1.29 is 12.8 Å². The van der Waals surface area contributed by atoms with Crippen LogP contribution in [0.1, 0.15) is 6.42 Å². The summed E-state index contributed by atoms with van der Waals surface area (Å²) in [4.78, 5) is 13.8. The first-order valence-corrected chi connectivity index (χ1v) is 8.75. The second-order valence-corrected chi connectivity index (χ2v) is 8.03. The maximum Gasteiger partial charge on any atom is 0.421 e. The number of sulfone groups is 1. The summed E-state index contributed by atoms with van der Waals surface area (Å²) in [6.45, 7) is 0.270. The van der Waals surface area contributed by atoms with Gasteiger partial charge in [-0.15, -0.1) is 0 Å². The summed E-state index contributed by atoms with van der Waals surface area (Å²) < 4.78 is 29.7. The van der Waals surface area contributed by atoms with Crippen molar-refractivity contribution in [3.05, 3.63) is 33.8 Å². The molecule has 1 fully saturated rings. The van der Waals surface area contributed by atoms with E-state index in [4.69, 9.17) is 16.0 Å². The highest BCUT2D eigenvalue weighted by atomic mass is 35.5. The lowest BCUT2D eigenvalue weighted by Gasteiger charge is -2.22. The molecule has 2 heterocycles. The largest absolute Gasteiger partial charge is 0.421 e. The van der Waals surface area contributed by atoms with Crippen LogP contribution in [0.15, 0.2) is 27.4 Å². The molecule has 21 heavy (non-hydrogen) atoms. The summed E-state index contributed by atoms with van der Waals surface area (Å²) in [5.41, 5.74) is 1.08. The van der Waals surface area contributed by atoms with Crippen molar-refractivity contribution in [1.29, 1.82) is 0 Å². The van der Waals surface area contributed by atoms with Crippen LogP contribution in [-0.2, 0) is 16.5 Å². The molecule has 0 spiro atoms. The molecule has 0 aliphatic carbocycles. The molecule has 1 aliphatic rings. The maximum atomic E-state index is 11.9. The molecule has 3 rings (SSSR count). The Labute approximate surface area is 126 Å². The highest BCUT2D eigenvalue weighted by Crippen LogP contribution is 2.21. The molecule has 1 aromatic heterocycles. The molecule has 114 valence electrons. The predicted octanol–water partition coefficient (Wildman–Crippen LogP) is 1.32. The lowest BCUT2D eigenvalue weighted by atomic mass is 10.2. The molecule has 1 saturated heterocycles.